The highest BCUT2D eigenvalue weighted by Gasteiger charge is 2.48. The van der Waals surface area contributed by atoms with Crippen molar-refractivity contribution in [2.24, 2.45) is 0 Å². The molecule has 0 bridgehead atoms. The first-order chi connectivity index (χ1) is 19.4. The lowest BCUT2D eigenvalue weighted by Gasteiger charge is -2.24. The molecule has 0 spiro atoms. The van der Waals surface area contributed by atoms with E-state index < -0.39 is 17.7 Å². The number of aromatic nitrogens is 1. The Hall–Kier alpha value is -4.57. The monoisotopic (exact) mass is 558 g/mol. The second kappa shape index (κ2) is 10.2. The van der Waals surface area contributed by atoms with Crippen LogP contribution in [0.15, 0.2) is 60.2 Å². The molecule has 1 saturated heterocycles. The molecule has 204 valence electrons. The number of thiazole rings is 1. The molecule has 1 fully saturated rings. The van der Waals surface area contributed by atoms with Crippen LogP contribution < -0.4 is 23.8 Å². The lowest BCUT2D eigenvalue weighted by Crippen LogP contribution is -2.29. The third-order valence-corrected chi connectivity index (χ3v) is 7.82. The number of fused-ring (bicyclic) bond motifs is 2. The minimum absolute atomic E-state index is 0.0664. The molecule has 1 N–H and O–H groups in total. The highest BCUT2D eigenvalue weighted by Crippen LogP contribution is 2.46. The summed E-state index contributed by atoms with van der Waals surface area (Å²) in [6.07, 6.45) is 0. The van der Waals surface area contributed by atoms with Gasteiger partial charge in [-0.15, -0.1) is 0 Å². The number of ketones is 1. The Morgan fingerprint density at radius 3 is 2.62 bits per heavy atom. The first-order valence-corrected chi connectivity index (χ1v) is 13.6. The highest BCUT2D eigenvalue weighted by atomic mass is 32.1. The summed E-state index contributed by atoms with van der Waals surface area (Å²) in [5.74, 6) is 0.0180. The number of ether oxygens (including phenoxy) is 4. The molecule has 1 atom stereocenters. The van der Waals surface area contributed by atoms with E-state index in [0.717, 1.165) is 10.3 Å². The number of methoxy groups -OCH3 is 1. The van der Waals surface area contributed by atoms with E-state index in [9.17, 15) is 14.7 Å². The zero-order valence-corrected chi connectivity index (χ0v) is 22.9. The SMILES string of the molecule is CCOc1ccc([C@@H]2/C(=C(\O)c3ccc4c(c3)OCCO4)C(=O)C(=O)N2c2nc3ccc(C)cc3s2)cc1OC. The summed E-state index contributed by atoms with van der Waals surface area (Å²) in [4.78, 5) is 33.3. The van der Waals surface area contributed by atoms with E-state index in [0.29, 0.717) is 64.6 Å². The molecule has 10 heteroatoms. The lowest BCUT2D eigenvalue weighted by molar-refractivity contribution is -0.132. The van der Waals surface area contributed by atoms with Crippen LogP contribution in [0.25, 0.3) is 16.0 Å². The number of hydrogen-bond donors (Lipinski definition) is 1. The van der Waals surface area contributed by atoms with Crippen molar-refractivity contribution in [2.45, 2.75) is 19.9 Å². The molecule has 0 saturated carbocycles. The molecule has 4 aromatic rings. The third kappa shape index (κ3) is 4.30. The number of Topliss-reactive ketones (excluding diaryl/α,β-unsaturated/α-hetero) is 1. The van der Waals surface area contributed by atoms with E-state index in [1.165, 1.54) is 23.3 Å². The molecule has 1 amide bonds. The van der Waals surface area contributed by atoms with Gasteiger partial charge in [-0.25, -0.2) is 4.98 Å². The van der Waals surface area contributed by atoms with Gasteiger partial charge in [-0.1, -0.05) is 23.5 Å². The average molecular weight is 559 g/mol. The lowest BCUT2D eigenvalue weighted by atomic mass is 9.95. The predicted octanol–water partition coefficient (Wildman–Crippen LogP) is 5.41. The van der Waals surface area contributed by atoms with E-state index in [1.807, 2.05) is 32.0 Å². The summed E-state index contributed by atoms with van der Waals surface area (Å²) in [5.41, 5.74) is 2.57. The van der Waals surface area contributed by atoms with Gasteiger partial charge in [0.15, 0.2) is 28.1 Å². The molecule has 3 aromatic carbocycles. The van der Waals surface area contributed by atoms with E-state index in [-0.39, 0.29) is 11.3 Å². The van der Waals surface area contributed by atoms with Crippen LogP contribution in [0.4, 0.5) is 5.13 Å². The predicted molar refractivity (Wildman–Crippen MR) is 151 cm³/mol. The first-order valence-electron chi connectivity index (χ1n) is 12.8. The molecule has 0 radical (unpaired) electrons. The Balaban J connectivity index is 1.55. The summed E-state index contributed by atoms with van der Waals surface area (Å²) < 4.78 is 23.4. The molecule has 3 heterocycles. The largest absolute Gasteiger partial charge is 0.507 e. The number of nitrogens with zero attached hydrogens (tertiary/aromatic N) is 2. The van der Waals surface area contributed by atoms with Crippen molar-refractivity contribution in [3.8, 4) is 23.0 Å². The number of carbonyl (C=O) groups excluding carboxylic acids is 2. The first kappa shape index (κ1) is 25.7. The summed E-state index contributed by atoms with van der Waals surface area (Å²) in [7, 11) is 1.52. The van der Waals surface area contributed by atoms with Gasteiger partial charge in [0.1, 0.15) is 19.0 Å². The van der Waals surface area contributed by atoms with Gasteiger partial charge in [-0.2, -0.15) is 0 Å². The third-order valence-electron chi connectivity index (χ3n) is 6.80. The van der Waals surface area contributed by atoms with Gasteiger partial charge in [-0.05, 0) is 67.4 Å². The number of anilines is 1. The standard InChI is InChI=1S/C30H26N2O7S/c1-4-37-20-9-6-17(14-22(20)36-3)26-25(27(33)18-7-10-21-23(15-18)39-12-11-38-21)28(34)29(35)32(26)30-31-19-8-5-16(2)13-24(19)40-30/h5-10,13-15,26,33H,4,11-12H2,1-3H3/b27-25+/t26-/m1/s1. The number of aryl methyl sites for hydroxylation is 1. The number of benzene rings is 3. The van der Waals surface area contributed by atoms with Crippen LogP contribution in [-0.2, 0) is 9.59 Å². The van der Waals surface area contributed by atoms with Crippen LogP contribution in [0.3, 0.4) is 0 Å². The zero-order chi connectivity index (χ0) is 28.0. The molecule has 2 aliphatic rings. The zero-order valence-electron chi connectivity index (χ0n) is 22.1. The smallest absolute Gasteiger partial charge is 0.301 e. The Morgan fingerprint density at radius 2 is 1.85 bits per heavy atom. The van der Waals surface area contributed by atoms with E-state index >= 15 is 0 Å². The maximum Gasteiger partial charge on any atom is 0.301 e. The normalized spacial score (nSPS) is 17.9. The summed E-state index contributed by atoms with van der Waals surface area (Å²) in [5, 5.41) is 11.9. The van der Waals surface area contributed by atoms with E-state index in [4.69, 9.17) is 18.9 Å². The van der Waals surface area contributed by atoms with Gasteiger partial charge in [0, 0.05) is 5.56 Å². The van der Waals surface area contributed by atoms with Crippen LogP contribution in [0.1, 0.15) is 29.7 Å². The average Bonchev–Trinajstić information content (AvgIpc) is 3.50. The maximum atomic E-state index is 13.6. The second-order valence-electron chi connectivity index (χ2n) is 9.34. The second-order valence-corrected chi connectivity index (χ2v) is 10.3. The topological polar surface area (TPSA) is 107 Å². The van der Waals surface area contributed by atoms with Gasteiger partial charge in [0.05, 0.1) is 35.5 Å². The van der Waals surface area contributed by atoms with Crippen molar-refractivity contribution < 1.29 is 33.6 Å². The van der Waals surface area contributed by atoms with Crippen molar-refractivity contribution in [2.75, 3.05) is 31.8 Å². The molecule has 0 unspecified atom stereocenters. The van der Waals surface area contributed by atoms with Crippen LogP contribution in [-0.4, -0.2) is 48.7 Å². The Morgan fingerprint density at radius 1 is 1.05 bits per heavy atom. The molecular weight excluding hydrogens is 532 g/mol. The highest BCUT2D eigenvalue weighted by molar-refractivity contribution is 7.22. The Labute approximate surface area is 234 Å². The number of aliphatic hydroxyl groups is 1. The van der Waals surface area contributed by atoms with Gasteiger partial charge in [0.25, 0.3) is 5.78 Å². The fourth-order valence-corrected chi connectivity index (χ4v) is 6.03. The van der Waals surface area contributed by atoms with Crippen LogP contribution >= 0.6 is 11.3 Å². The van der Waals surface area contributed by atoms with Crippen molar-refractivity contribution in [3.63, 3.8) is 0 Å². The number of hydrogen-bond acceptors (Lipinski definition) is 9. The Kier molecular flexibility index (Phi) is 6.55. The minimum atomic E-state index is -0.973. The summed E-state index contributed by atoms with van der Waals surface area (Å²) in [6.45, 7) is 5.06. The van der Waals surface area contributed by atoms with Crippen LogP contribution in [0.5, 0.6) is 23.0 Å². The number of carbonyl (C=O) groups is 2. The molecular formula is C30H26N2O7S. The number of rotatable bonds is 6. The molecule has 40 heavy (non-hydrogen) atoms. The van der Waals surface area contributed by atoms with Crippen molar-refractivity contribution >= 4 is 44.1 Å². The molecule has 6 rings (SSSR count). The van der Waals surface area contributed by atoms with E-state index in [2.05, 4.69) is 4.98 Å². The number of aliphatic hydroxyl groups excluding tert-OH is 1. The fourth-order valence-electron chi connectivity index (χ4n) is 4.94. The van der Waals surface area contributed by atoms with Crippen molar-refractivity contribution in [1.29, 1.82) is 0 Å². The fraction of sp³-hybridized carbons (Fsp3) is 0.233. The minimum Gasteiger partial charge on any atom is -0.507 e. The van der Waals surface area contributed by atoms with E-state index in [1.54, 1.807) is 36.4 Å². The summed E-state index contributed by atoms with van der Waals surface area (Å²) >= 11 is 1.31. The maximum absolute atomic E-state index is 13.6. The molecule has 2 aliphatic heterocycles. The van der Waals surface area contributed by atoms with Crippen molar-refractivity contribution in [3.05, 3.63) is 76.9 Å². The molecule has 9 nitrogen and oxygen atoms in total. The van der Waals surface area contributed by atoms with Gasteiger partial charge < -0.3 is 24.1 Å². The van der Waals surface area contributed by atoms with Crippen molar-refractivity contribution in [1.82, 2.24) is 4.98 Å². The van der Waals surface area contributed by atoms with Crippen LogP contribution in [0.2, 0.25) is 0 Å². The quantitative estimate of drug-likeness (QED) is 0.190. The summed E-state index contributed by atoms with van der Waals surface area (Å²) in [6, 6.07) is 14.9. The molecule has 0 aliphatic carbocycles. The van der Waals surface area contributed by atoms with Crippen LogP contribution in [0, 0.1) is 6.92 Å². The van der Waals surface area contributed by atoms with Gasteiger partial charge in [0.2, 0.25) is 0 Å². The Bertz CT molecular complexity index is 1690. The van der Waals surface area contributed by atoms with Gasteiger partial charge >= 0.3 is 5.91 Å². The van der Waals surface area contributed by atoms with Gasteiger partial charge in [-0.3, -0.25) is 14.5 Å². The number of amides is 1. The molecule has 1 aromatic heterocycles.